The molecule has 0 N–H and O–H groups in total. The highest BCUT2D eigenvalue weighted by molar-refractivity contribution is 5.81. The highest BCUT2D eigenvalue weighted by Crippen LogP contribution is 2.38. The van der Waals surface area contributed by atoms with Crippen LogP contribution in [0.4, 0.5) is 0 Å². The summed E-state index contributed by atoms with van der Waals surface area (Å²) >= 11 is 0. The smallest absolute Gasteiger partial charge is 0.238 e. The molecule has 1 aromatic heterocycles. The first-order chi connectivity index (χ1) is 12.3. The van der Waals surface area contributed by atoms with Gasteiger partial charge >= 0.3 is 0 Å². The number of hydrogen-bond donors (Lipinski definition) is 0. The van der Waals surface area contributed by atoms with Gasteiger partial charge in [-0.05, 0) is 37.8 Å². The summed E-state index contributed by atoms with van der Waals surface area (Å²) in [4.78, 5) is 23.3. The van der Waals surface area contributed by atoms with Gasteiger partial charge in [0.25, 0.3) is 0 Å². The van der Waals surface area contributed by atoms with Gasteiger partial charge in [0.15, 0.2) is 11.5 Å². The summed E-state index contributed by atoms with van der Waals surface area (Å²) in [6.45, 7) is 0.805. The summed E-state index contributed by atoms with van der Waals surface area (Å²) < 4.78 is 11.2. The number of aromatic nitrogens is 2. The van der Waals surface area contributed by atoms with Gasteiger partial charge in [-0.25, -0.2) is 4.98 Å². The van der Waals surface area contributed by atoms with Crippen LogP contribution in [0.1, 0.15) is 37.4 Å². The minimum atomic E-state index is 0.00168. The highest BCUT2D eigenvalue weighted by atomic mass is 16.5. The van der Waals surface area contributed by atoms with Crippen molar-refractivity contribution in [2.45, 2.75) is 31.7 Å². The SMILES string of the molecule is COc1ccccc1Oc1cncc(C2CCCN2C(=O)C2CC2)n1. The van der Waals surface area contributed by atoms with Crippen molar-refractivity contribution in [1.82, 2.24) is 14.9 Å². The molecule has 0 bridgehead atoms. The second-order valence-corrected chi connectivity index (χ2v) is 6.50. The molecule has 2 aromatic rings. The van der Waals surface area contributed by atoms with Crippen LogP contribution in [0.25, 0.3) is 0 Å². The lowest BCUT2D eigenvalue weighted by Gasteiger charge is -2.24. The third kappa shape index (κ3) is 3.29. The number of benzene rings is 1. The zero-order valence-corrected chi connectivity index (χ0v) is 14.2. The maximum Gasteiger partial charge on any atom is 0.238 e. The number of methoxy groups -OCH3 is 1. The van der Waals surface area contributed by atoms with Crippen LogP contribution in [0.3, 0.4) is 0 Å². The van der Waals surface area contributed by atoms with E-state index in [9.17, 15) is 4.79 Å². The zero-order chi connectivity index (χ0) is 17.2. The van der Waals surface area contributed by atoms with Crippen LogP contribution in [0.2, 0.25) is 0 Å². The molecule has 2 aliphatic rings. The van der Waals surface area contributed by atoms with Crippen molar-refractivity contribution in [1.29, 1.82) is 0 Å². The number of rotatable bonds is 5. The van der Waals surface area contributed by atoms with Gasteiger partial charge in [0, 0.05) is 12.5 Å². The molecule has 1 aromatic carbocycles. The van der Waals surface area contributed by atoms with Crippen molar-refractivity contribution in [2.75, 3.05) is 13.7 Å². The van der Waals surface area contributed by atoms with Crippen molar-refractivity contribution >= 4 is 5.91 Å². The van der Waals surface area contributed by atoms with E-state index in [-0.39, 0.29) is 17.9 Å². The van der Waals surface area contributed by atoms with Crippen LogP contribution in [0.5, 0.6) is 17.4 Å². The highest BCUT2D eigenvalue weighted by Gasteiger charge is 2.39. The molecular formula is C19H21N3O3. The first kappa shape index (κ1) is 15.9. The molecule has 1 aliphatic heterocycles. The number of likely N-dealkylation sites (tertiary alicyclic amines) is 1. The fourth-order valence-electron chi connectivity index (χ4n) is 3.29. The number of ether oxygens (including phenoxy) is 2. The Bertz CT molecular complexity index is 776. The Morgan fingerprint density at radius 3 is 2.72 bits per heavy atom. The maximum absolute atomic E-state index is 12.5. The largest absolute Gasteiger partial charge is 0.493 e. The Labute approximate surface area is 146 Å². The molecule has 130 valence electrons. The van der Waals surface area contributed by atoms with E-state index in [0.29, 0.717) is 17.4 Å². The molecule has 1 unspecified atom stereocenters. The molecule has 2 fully saturated rings. The van der Waals surface area contributed by atoms with Gasteiger partial charge < -0.3 is 14.4 Å². The number of amides is 1. The quantitative estimate of drug-likeness (QED) is 0.836. The number of carbonyl (C=O) groups is 1. The lowest BCUT2D eigenvalue weighted by atomic mass is 10.1. The number of carbonyl (C=O) groups excluding carboxylic acids is 1. The van der Waals surface area contributed by atoms with Crippen LogP contribution in [0.15, 0.2) is 36.7 Å². The van der Waals surface area contributed by atoms with Gasteiger partial charge in [0.1, 0.15) is 0 Å². The Hall–Kier alpha value is -2.63. The minimum Gasteiger partial charge on any atom is -0.493 e. The third-order valence-corrected chi connectivity index (χ3v) is 4.72. The van der Waals surface area contributed by atoms with E-state index in [1.165, 1.54) is 0 Å². The molecule has 0 spiro atoms. The summed E-state index contributed by atoms with van der Waals surface area (Å²) in [5.74, 6) is 2.13. The molecule has 25 heavy (non-hydrogen) atoms. The third-order valence-electron chi connectivity index (χ3n) is 4.72. The topological polar surface area (TPSA) is 64.6 Å². The van der Waals surface area contributed by atoms with Gasteiger partial charge in [-0.3, -0.25) is 9.78 Å². The van der Waals surface area contributed by atoms with Crippen molar-refractivity contribution < 1.29 is 14.3 Å². The first-order valence-corrected chi connectivity index (χ1v) is 8.69. The van der Waals surface area contributed by atoms with Crippen molar-refractivity contribution in [2.24, 2.45) is 5.92 Å². The summed E-state index contributed by atoms with van der Waals surface area (Å²) in [5.41, 5.74) is 0.791. The first-order valence-electron chi connectivity index (χ1n) is 8.69. The normalized spacial score (nSPS) is 19.7. The van der Waals surface area contributed by atoms with E-state index in [0.717, 1.165) is 37.9 Å². The molecule has 1 saturated carbocycles. The van der Waals surface area contributed by atoms with Crippen LogP contribution >= 0.6 is 0 Å². The molecule has 0 radical (unpaired) electrons. The molecule has 4 rings (SSSR count). The average Bonchev–Trinajstić information content (AvgIpc) is 3.38. The van der Waals surface area contributed by atoms with Crippen molar-refractivity contribution in [3.05, 3.63) is 42.4 Å². The molecule has 1 atom stereocenters. The molecule has 1 saturated heterocycles. The van der Waals surface area contributed by atoms with Crippen molar-refractivity contribution in [3.63, 3.8) is 0 Å². The molecule has 1 amide bonds. The summed E-state index contributed by atoms with van der Waals surface area (Å²) in [5, 5.41) is 0. The molecule has 2 heterocycles. The second-order valence-electron chi connectivity index (χ2n) is 6.50. The Morgan fingerprint density at radius 1 is 1.16 bits per heavy atom. The molecule has 6 nitrogen and oxygen atoms in total. The number of nitrogens with zero attached hydrogens (tertiary/aromatic N) is 3. The fraction of sp³-hybridized carbons (Fsp3) is 0.421. The van der Waals surface area contributed by atoms with Crippen LogP contribution < -0.4 is 9.47 Å². The van der Waals surface area contributed by atoms with E-state index in [2.05, 4.69) is 9.97 Å². The van der Waals surface area contributed by atoms with Crippen molar-refractivity contribution in [3.8, 4) is 17.4 Å². The van der Waals surface area contributed by atoms with E-state index >= 15 is 0 Å². The average molecular weight is 339 g/mol. The molecular weight excluding hydrogens is 318 g/mol. The minimum absolute atomic E-state index is 0.00168. The van der Waals surface area contributed by atoms with Gasteiger partial charge in [-0.2, -0.15) is 0 Å². The van der Waals surface area contributed by atoms with Crippen LogP contribution in [0, 0.1) is 5.92 Å². The van der Waals surface area contributed by atoms with E-state index < -0.39 is 0 Å². The van der Waals surface area contributed by atoms with E-state index in [4.69, 9.17) is 9.47 Å². The zero-order valence-electron chi connectivity index (χ0n) is 14.2. The second kappa shape index (κ2) is 6.70. The predicted molar refractivity (Wildman–Crippen MR) is 91.5 cm³/mol. The Balaban J connectivity index is 1.55. The monoisotopic (exact) mass is 339 g/mol. The molecule has 6 heteroatoms. The van der Waals surface area contributed by atoms with E-state index in [1.807, 2.05) is 29.2 Å². The van der Waals surface area contributed by atoms with Gasteiger partial charge in [-0.15, -0.1) is 0 Å². The summed E-state index contributed by atoms with van der Waals surface area (Å²) in [7, 11) is 1.60. The van der Waals surface area contributed by atoms with Gasteiger partial charge in [0.05, 0.1) is 31.2 Å². The van der Waals surface area contributed by atoms with Crippen LogP contribution in [-0.4, -0.2) is 34.4 Å². The van der Waals surface area contributed by atoms with Gasteiger partial charge in [-0.1, -0.05) is 12.1 Å². The summed E-state index contributed by atoms with van der Waals surface area (Å²) in [6, 6.07) is 7.42. The molecule has 1 aliphatic carbocycles. The fourth-order valence-corrected chi connectivity index (χ4v) is 3.29. The number of para-hydroxylation sites is 2. The standard InChI is InChI=1S/C19H21N3O3/c1-24-16-6-2-3-7-17(16)25-18-12-20-11-14(21-18)15-5-4-10-22(15)19(23)13-8-9-13/h2-3,6-7,11-13,15H,4-5,8-10H2,1H3. The maximum atomic E-state index is 12.5. The Morgan fingerprint density at radius 2 is 1.96 bits per heavy atom. The lowest BCUT2D eigenvalue weighted by molar-refractivity contribution is -0.133. The number of hydrogen-bond acceptors (Lipinski definition) is 5. The van der Waals surface area contributed by atoms with Gasteiger partial charge in [0.2, 0.25) is 11.8 Å². The van der Waals surface area contributed by atoms with E-state index in [1.54, 1.807) is 19.5 Å². The predicted octanol–water partition coefficient (Wildman–Crippen LogP) is 3.35. The van der Waals surface area contributed by atoms with Crippen LogP contribution in [-0.2, 0) is 4.79 Å². The lowest BCUT2D eigenvalue weighted by Crippen LogP contribution is -2.32. The Kier molecular flexibility index (Phi) is 4.26. The summed E-state index contributed by atoms with van der Waals surface area (Å²) in [6.07, 6.45) is 7.28.